The summed E-state index contributed by atoms with van der Waals surface area (Å²) in [5.74, 6) is 0.393. The molecule has 0 spiro atoms. The Morgan fingerprint density at radius 1 is 1.50 bits per heavy atom. The molecule has 1 aliphatic rings. The second-order valence-electron chi connectivity index (χ2n) is 4.34. The number of nitrogens with two attached hydrogens (primary N) is 1. The van der Waals surface area contributed by atoms with Crippen LogP contribution in [0.5, 0.6) is 5.75 Å². The van der Waals surface area contributed by atoms with Crippen molar-refractivity contribution in [2.24, 2.45) is 0 Å². The highest BCUT2D eigenvalue weighted by molar-refractivity contribution is 5.73. The van der Waals surface area contributed by atoms with E-state index < -0.39 is 6.09 Å². The van der Waals surface area contributed by atoms with Crippen LogP contribution in [0.4, 0.5) is 16.2 Å². The highest BCUT2D eigenvalue weighted by Crippen LogP contribution is 2.24. The minimum atomic E-state index is -0.530. The van der Waals surface area contributed by atoms with Crippen LogP contribution in [-0.2, 0) is 9.47 Å². The first-order chi connectivity index (χ1) is 9.69. The van der Waals surface area contributed by atoms with Crippen LogP contribution in [0.1, 0.15) is 0 Å². The maximum absolute atomic E-state index is 11.1. The average molecular weight is 281 g/mol. The van der Waals surface area contributed by atoms with Crippen molar-refractivity contribution in [3.8, 4) is 5.75 Å². The number of rotatable bonds is 4. The van der Waals surface area contributed by atoms with Crippen molar-refractivity contribution in [1.82, 2.24) is 5.32 Å². The molecular formula is C13H19N3O4. The van der Waals surface area contributed by atoms with Crippen LogP contribution in [0.3, 0.4) is 0 Å². The summed E-state index contributed by atoms with van der Waals surface area (Å²) in [4.78, 5) is 11.1. The van der Waals surface area contributed by atoms with Crippen LogP contribution in [0.15, 0.2) is 18.2 Å². The number of ether oxygens (including phenoxy) is 3. The lowest BCUT2D eigenvalue weighted by molar-refractivity contribution is -0.0818. The summed E-state index contributed by atoms with van der Waals surface area (Å²) < 4.78 is 15.8. The Balaban J connectivity index is 1.90. The Kier molecular flexibility index (Phi) is 5.03. The van der Waals surface area contributed by atoms with E-state index in [1.807, 2.05) is 0 Å². The molecule has 110 valence electrons. The van der Waals surface area contributed by atoms with E-state index in [4.69, 9.17) is 19.9 Å². The molecule has 0 aliphatic carbocycles. The van der Waals surface area contributed by atoms with Gasteiger partial charge in [0.25, 0.3) is 0 Å². The molecule has 0 bridgehead atoms. The number of carbonyl (C=O) groups is 1. The predicted octanol–water partition coefficient (Wildman–Crippen LogP) is 0.814. The molecule has 1 unspecified atom stereocenters. The number of hydrogen-bond acceptors (Lipinski definition) is 6. The molecule has 1 aliphatic heterocycles. The zero-order valence-corrected chi connectivity index (χ0v) is 11.3. The smallest absolute Gasteiger partial charge is 0.410 e. The first kappa shape index (κ1) is 14.4. The SMILES string of the molecule is CNC(=O)Oc1ccc(NCC2COCCO2)c(N)c1. The topological polar surface area (TPSA) is 94.8 Å². The Morgan fingerprint density at radius 2 is 2.35 bits per heavy atom. The molecule has 0 radical (unpaired) electrons. The number of nitrogens with one attached hydrogen (secondary N) is 2. The van der Waals surface area contributed by atoms with Crippen molar-refractivity contribution >= 4 is 17.5 Å². The van der Waals surface area contributed by atoms with Crippen LogP contribution in [-0.4, -0.2) is 45.6 Å². The fraction of sp³-hybridized carbons (Fsp3) is 0.462. The van der Waals surface area contributed by atoms with Crippen LogP contribution in [0.2, 0.25) is 0 Å². The monoisotopic (exact) mass is 281 g/mol. The molecule has 1 aromatic carbocycles. The standard InChI is InChI=1S/C13H19N3O4/c1-15-13(17)20-9-2-3-12(11(14)6-9)16-7-10-8-18-4-5-19-10/h2-3,6,10,16H,4-5,7-8,14H2,1H3,(H,15,17). The van der Waals surface area contributed by atoms with Gasteiger partial charge in [-0.25, -0.2) is 4.79 Å². The van der Waals surface area contributed by atoms with E-state index in [-0.39, 0.29) is 6.10 Å². The van der Waals surface area contributed by atoms with Crippen LogP contribution in [0.25, 0.3) is 0 Å². The Bertz CT molecular complexity index is 461. The molecule has 2 rings (SSSR count). The zero-order valence-electron chi connectivity index (χ0n) is 11.3. The van der Waals surface area contributed by atoms with Gasteiger partial charge in [0.2, 0.25) is 0 Å². The molecule has 0 saturated carbocycles. The number of benzene rings is 1. The first-order valence-corrected chi connectivity index (χ1v) is 6.41. The third kappa shape index (κ3) is 4.01. The van der Waals surface area contributed by atoms with E-state index in [1.54, 1.807) is 18.2 Å². The van der Waals surface area contributed by atoms with Gasteiger partial charge in [-0.15, -0.1) is 0 Å². The number of amides is 1. The third-order valence-electron chi connectivity index (χ3n) is 2.84. The predicted molar refractivity (Wildman–Crippen MR) is 75.0 cm³/mol. The van der Waals surface area contributed by atoms with E-state index in [1.165, 1.54) is 7.05 Å². The molecule has 1 heterocycles. The van der Waals surface area contributed by atoms with Crippen LogP contribution < -0.4 is 21.1 Å². The molecule has 4 N–H and O–H groups in total. The summed E-state index contributed by atoms with van der Waals surface area (Å²) in [6, 6.07) is 5.03. The van der Waals surface area contributed by atoms with Gasteiger partial charge in [-0.1, -0.05) is 0 Å². The molecule has 7 nitrogen and oxygen atoms in total. The van der Waals surface area contributed by atoms with Crippen molar-refractivity contribution < 1.29 is 19.0 Å². The molecule has 1 saturated heterocycles. The van der Waals surface area contributed by atoms with Crippen molar-refractivity contribution in [3.63, 3.8) is 0 Å². The van der Waals surface area contributed by atoms with Crippen molar-refractivity contribution in [3.05, 3.63) is 18.2 Å². The second kappa shape index (κ2) is 6.97. The summed E-state index contributed by atoms with van der Waals surface area (Å²) in [6.07, 6.45) is -0.511. The van der Waals surface area contributed by atoms with Gasteiger partial charge in [0.15, 0.2) is 0 Å². The van der Waals surface area contributed by atoms with Gasteiger partial charge >= 0.3 is 6.09 Å². The van der Waals surface area contributed by atoms with Crippen molar-refractivity contribution in [1.29, 1.82) is 0 Å². The summed E-state index contributed by atoms with van der Waals surface area (Å²) in [5, 5.41) is 5.56. The lowest BCUT2D eigenvalue weighted by Crippen LogP contribution is -2.34. The number of anilines is 2. The highest BCUT2D eigenvalue weighted by atomic mass is 16.6. The van der Waals surface area contributed by atoms with Crippen molar-refractivity contribution in [2.75, 3.05) is 44.5 Å². The van der Waals surface area contributed by atoms with Crippen molar-refractivity contribution in [2.45, 2.75) is 6.10 Å². The van der Waals surface area contributed by atoms with E-state index in [2.05, 4.69) is 10.6 Å². The fourth-order valence-electron chi connectivity index (χ4n) is 1.80. The molecule has 0 aromatic heterocycles. The maximum Gasteiger partial charge on any atom is 0.412 e. The molecule has 1 aromatic rings. The average Bonchev–Trinajstić information content (AvgIpc) is 2.47. The minimum absolute atomic E-state index is 0.0185. The van der Waals surface area contributed by atoms with Crippen LogP contribution in [0, 0.1) is 0 Å². The molecule has 1 fully saturated rings. The molecule has 20 heavy (non-hydrogen) atoms. The molecule has 1 amide bonds. The summed E-state index contributed by atoms with van der Waals surface area (Å²) in [6.45, 7) is 2.44. The van der Waals surface area contributed by atoms with Gasteiger partial charge in [0.1, 0.15) is 5.75 Å². The number of nitrogen functional groups attached to an aromatic ring is 1. The largest absolute Gasteiger partial charge is 0.412 e. The summed E-state index contributed by atoms with van der Waals surface area (Å²) >= 11 is 0. The first-order valence-electron chi connectivity index (χ1n) is 6.41. The van der Waals surface area contributed by atoms with Gasteiger partial charge in [-0.2, -0.15) is 0 Å². The van der Waals surface area contributed by atoms with Gasteiger partial charge < -0.3 is 30.6 Å². The van der Waals surface area contributed by atoms with Gasteiger partial charge in [-0.3, -0.25) is 0 Å². The quantitative estimate of drug-likeness (QED) is 0.707. The third-order valence-corrected chi connectivity index (χ3v) is 2.84. The molecule has 1 atom stereocenters. The molecule has 7 heteroatoms. The number of hydrogen-bond donors (Lipinski definition) is 3. The van der Waals surface area contributed by atoms with Gasteiger partial charge in [-0.05, 0) is 12.1 Å². The van der Waals surface area contributed by atoms with E-state index in [9.17, 15) is 4.79 Å². The zero-order chi connectivity index (χ0) is 14.4. The normalized spacial score (nSPS) is 18.4. The Morgan fingerprint density at radius 3 is 3.00 bits per heavy atom. The van der Waals surface area contributed by atoms with E-state index in [0.717, 1.165) is 5.69 Å². The lowest BCUT2D eigenvalue weighted by Gasteiger charge is -2.23. The summed E-state index contributed by atoms with van der Waals surface area (Å²) in [5.41, 5.74) is 7.18. The van der Waals surface area contributed by atoms with E-state index >= 15 is 0 Å². The number of carbonyl (C=O) groups excluding carboxylic acids is 1. The minimum Gasteiger partial charge on any atom is -0.410 e. The van der Waals surface area contributed by atoms with Gasteiger partial charge in [0.05, 0.1) is 37.3 Å². The highest BCUT2D eigenvalue weighted by Gasteiger charge is 2.14. The Labute approximate surface area is 117 Å². The molecular weight excluding hydrogens is 262 g/mol. The Hall–Kier alpha value is -1.99. The summed E-state index contributed by atoms with van der Waals surface area (Å²) in [7, 11) is 1.49. The fourth-order valence-corrected chi connectivity index (χ4v) is 1.80. The van der Waals surface area contributed by atoms with Gasteiger partial charge in [0, 0.05) is 19.7 Å². The van der Waals surface area contributed by atoms with Crippen LogP contribution >= 0.6 is 0 Å². The van der Waals surface area contributed by atoms with E-state index in [0.29, 0.717) is 37.8 Å². The second-order valence-corrected chi connectivity index (χ2v) is 4.34. The maximum atomic E-state index is 11.1. The lowest BCUT2D eigenvalue weighted by atomic mass is 10.2.